The van der Waals surface area contributed by atoms with E-state index in [4.69, 9.17) is 0 Å². The van der Waals surface area contributed by atoms with Gasteiger partial charge in [-0.05, 0) is 60.1 Å². The van der Waals surface area contributed by atoms with E-state index in [0.29, 0.717) is 12.1 Å². The summed E-state index contributed by atoms with van der Waals surface area (Å²) < 4.78 is 0. The zero-order valence-corrected chi connectivity index (χ0v) is 17.0. The number of hydrogen-bond donors (Lipinski definition) is 2. The monoisotopic (exact) mass is 366 g/mol. The summed E-state index contributed by atoms with van der Waals surface area (Å²) in [6.07, 6.45) is 0.778. The van der Waals surface area contributed by atoms with E-state index >= 15 is 0 Å². The van der Waals surface area contributed by atoms with Crippen molar-refractivity contribution in [2.75, 3.05) is 13.1 Å². The molecule has 0 unspecified atom stereocenters. The predicted octanol–water partition coefficient (Wildman–Crippen LogP) is 3.69. The molecule has 0 spiro atoms. The fourth-order valence-electron chi connectivity index (χ4n) is 3.06. The highest BCUT2D eigenvalue weighted by Gasteiger charge is 2.16. The third-order valence-electron chi connectivity index (χ3n) is 4.70. The molecular weight excluding hydrogens is 336 g/mol. The first kappa shape index (κ1) is 20.7. The van der Waals surface area contributed by atoms with Gasteiger partial charge in [0.15, 0.2) is 0 Å². The van der Waals surface area contributed by atoms with Crippen LogP contribution in [0.4, 0.5) is 0 Å². The molecule has 4 nitrogen and oxygen atoms in total. The molecule has 144 valence electrons. The van der Waals surface area contributed by atoms with Crippen LogP contribution in [0.5, 0.6) is 0 Å². The summed E-state index contributed by atoms with van der Waals surface area (Å²) in [5, 5.41) is 5.53. The number of rotatable bonds is 6. The van der Waals surface area contributed by atoms with Gasteiger partial charge in [-0.2, -0.15) is 0 Å². The molecule has 0 bridgehead atoms. The molecule has 4 heteroatoms. The van der Waals surface area contributed by atoms with Gasteiger partial charge in [0.05, 0.1) is 6.54 Å². The van der Waals surface area contributed by atoms with Crippen LogP contribution in [0, 0.1) is 13.8 Å². The highest BCUT2D eigenvalue weighted by Crippen LogP contribution is 2.27. The van der Waals surface area contributed by atoms with Crippen molar-refractivity contribution in [1.29, 1.82) is 0 Å². The van der Waals surface area contributed by atoms with Gasteiger partial charge in [0, 0.05) is 12.1 Å². The Bertz CT molecular complexity index is 782. The molecule has 0 atom stereocenters. The maximum absolute atomic E-state index is 12.0. The van der Waals surface area contributed by atoms with Crippen molar-refractivity contribution in [3.8, 4) is 0 Å². The first-order chi connectivity index (χ1) is 12.7. The lowest BCUT2D eigenvalue weighted by Gasteiger charge is -2.22. The van der Waals surface area contributed by atoms with Crippen molar-refractivity contribution < 1.29 is 9.59 Å². The summed E-state index contributed by atoms with van der Waals surface area (Å²) in [7, 11) is 0. The Hall–Kier alpha value is -2.62. The van der Waals surface area contributed by atoms with Gasteiger partial charge >= 0.3 is 0 Å². The maximum Gasteiger partial charge on any atom is 0.251 e. The second-order valence-electron chi connectivity index (χ2n) is 7.99. The summed E-state index contributed by atoms with van der Waals surface area (Å²) in [4.78, 5) is 24.0. The Morgan fingerprint density at radius 1 is 0.926 bits per heavy atom. The van der Waals surface area contributed by atoms with E-state index in [-0.39, 0.29) is 23.8 Å². The van der Waals surface area contributed by atoms with Crippen LogP contribution in [0.2, 0.25) is 0 Å². The third kappa shape index (κ3) is 5.95. The maximum atomic E-state index is 12.0. The minimum absolute atomic E-state index is 0.0192. The average molecular weight is 367 g/mol. The average Bonchev–Trinajstić information content (AvgIpc) is 2.61. The Kier molecular flexibility index (Phi) is 6.78. The third-order valence-corrected chi connectivity index (χ3v) is 4.70. The van der Waals surface area contributed by atoms with Crippen molar-refractivity contribution in [3.63, 3.8) is 0 Å². The number of nitrogens with one attached hydrogen (secondary N) is 2. The fraction of sp³-hybridized carbons (Fsp3) is 0.391. The molecule has 0 radical (unpaired) electrons. The van der Waals surface area contributed by atoms with E-state index in [1.54, 1.807) is 24.3 Å². The number of carbonyl (C=O) groups is 2. The normalized spacial score (nSPS) is 11.1. The van der Waals surface area contributed by atoms with E-state index in [2.05, 4.69) is 57.4 Å². The van der Waals surface area contributed by atoms with E-state index in [9.17, 15) is 9.59 Å². The van der Waals surface area contributed by atoms with Crippen LogP contribution >= 0.6 is 0 Å². The lowest BCUT2D eigenvalue weighted by Crippen LogP contribution is -2.37. The molecule has 0 aliphatic carbocycles. The topological polar surface area (TPSA) is 58.2 Å². The van der Waals surface area contributed by atoms with Gasteiger partial charge < -0.3 is 10.6 Å². The van der Waals surface area contributed by atoms with Crippen LogP contribution in [0.3, 0.4) is 0 Å². The Labute approximate surface area is 162 Å². The number of hydrogen-bond acceptors (Lipinski definition) is 2. The van der Waals surface area contributed by atoms with Crippen molar-refractivity contribution in [2.24, 2.45) is 0 Å². The van der Waals surface area contributed by atoms with Crippen molar-refractivity contribution in [1.82, 2.24) is 10.6 Å². The minimum Gasteiger partial charge on any atom is -0.354 e. The second kappa shape index (κ2) is 8.85. The molecule has 2 amide bonds. The van der Waals surface area contributed by atoms with Crippen molar-refractivity contribution in [3.05, 3.63) is 70.3 Å². The van der Waals surface area contributed by atoms with E-state index < -0.39 is 0 Å². The Morgan fingerprint density at radius 3 is 2.07 bits per heavy atom. The van der Waals surface area contributed by atoms with Crippen LogP contribution in [0.25, 0.3) is 0 Å². The highest BCUT2D eigenvalue weighted by molar-refractivity contribution is 5.96. The van der Waals surface area contributed by atoms with Crippen LogP contribution in [0.1, 0.15) is 53.4 Å². The number of carbonyl (C=O) groups excluding carboxylic acids is 2. The molecule has 0 aliphatic heterocycles. The predicted molar refractivity (Wildman–Crippen MR) is 110 cm³/mol. The summed E-state index contributed by atoms with van der Waals surface area (Å²) in [6, 6.07) is 13.4. The zero-order chi connectivity index (χ0) is 20.0. The van der Waals surface area contributed by atoms with Crippen molar-refractivity contribution in [2.45, 2.75) is 46.5 Å². The molecule has 27 heavy (non-hydrogen) atoms. The lowest BCUT2D eigenvalue weighted by molar-refractivity contribution is -0.120. The van der Waals surface area contributed by atoms with Gasteiger partial charge in [0.25, 0.3) is 5.91 Å². The second-order valence-corrected chi connectivity index (χ2v) is 7.99. The molecule has 0 heterocycles. The van der Waals surface area contributed by atoms with Gasteiger partial charge in [-0.3, -0.25) is 9.59 Å². The molecule has 2 N–H and O–H groups in total. The summed E-state index contributed by atoms with van der Waals surface area (Å²) in [5.41, 5.74) is 5.79. The van der Waals surface area contributed by atoms with Crippen LogP contribution in [-0.4, -0.2) is 24.9 Å². The zero-order valence-electron chi connectivity index (χ0n) is 17.0. The minimum atomic E-state index is -0.241. The fourth-order valence-corrected chi connectivity index (χ4v) is 3.06. The first-order valence-electron chi connectivity index (χ1n) is 9.39. The molecule has 0 fully saturated rings. The molecule has 0 saturated carbocycles. The molecule has 0 aliphatic rings. The SMILES string of the molecule is Cc1cc(C(C)(C)C)cc(C)c1CCNC(=O)CNC(=O)c1ccccc1. The van der Waals surface area contributed by atoms with Gasteiger partial charge in [-0.25, -0.2) is 0 Å². The summed E-state index contributed by atoms with van der Waals surface area (Å²) in [6.45, 7) is 11.4. The molecule has 0 aromatic heterocycles. The molecule has 0 saturated heterocycles. The smallest absolute Gasteiger partial charge is 0.251 e. The van der Waals surface area contributed by atoms with Crippen molar-refractivity contribution >= 4 is 11.8 Å². The van der Waals surface area contributed by atoms with E-state index in [0.717, 1.165) is 6.42 Å². The lowest BCUT2D eigenvalue weighted by atomic mass is 9.83. The van der Waals surface area contributed by atoms with Gasteiger partial charge in [0.1, 0.15) is 0 Å². The largest absolute Gasteiger partial charge is 0.354 e. The molecule has 2 aromatic carbocycles. The summed E-state index contributed by atoms with van der Waals surface area (Å²) >= 11 is 0. The molecular formula is C23H30N2O2. The van der Waals surface area contributed by atoms with Crippen LogP contribution in [0.15, 0.2) is 42.5 Å². The Morgan fingerprint density at radius 2 is 1.52 bits per heavy atom. The van der Waals surface area contributed by atoms with Gasteiger partial charge in [-0.1, -0.05) is 51.1 Å². The standard InChI is InChI=1S/C23H30N2O2/c1-16-13-19(23(3,4)5)14-17(2)20(16)11-12-24-21(26)15-25-22(27)18-9-7-6-8-10-18/h6-10,13-14H,11-12,15H2,1-5H3,(H,24,26)(H,25,27). The number of benzene rings is 2. The van der Waals surface area contributed by atoms with Gasteiger partial charge in [0.2, 0.25) is 5.91 Å². The highest BCUT2D eigenvalue weighted by atomic mass is 16.2. The molecule has 2 rings (SSSR count). The number of aryl methyl sites for hydroxylation is 2. The van der Waals surface area contributed by atoms with E-state index in [1.165, 1.54) is 22.3 Å². The molecule has 2 aromatic rings. The summed E-state index contributed by atoms with van der Waals surface area (Å²) in [5.74, 6) is -0.420. The van der Waals surface area contributed by atoms with Gasteiger partial charge in [-0.15, -0.1) is 0 Å². The Balaban J connectivity index is 1.84. The first-order valence-corrected chi connectivity index (χ1v) is 9.39. The number of amides is 2. The van der Waals surface area contributed by atoms with Crippen LogP contribution < -0.4 is 10.6 Å². The van der Waals surface area contributed by atoms with Crippen LogP contribution in [-0.2, 0) is 16.6 Å². The quantitative estimate of drug-likeness (QED) is 0.819. The van der Waals surface area contributed by atoms with E-state index in [1.807, 2.05) is 6.07 Å².